The number of hydrogen-bond donors (Lipinski definition) is 1. The Hall–Kier alpha value is -0.830. The van der Waals surface area contributed by atoms with Gasteiger partial charge in [-0.05, 0) is 65.7 Å². The number of likely N-dealkylation sites (tertiary alicyclic amines) is 1. The highest BCUT2D eigenvalue weighted by molar-refractivity contribution is 14.1. The molecule has 1 aromatic carbocycles. The molecular weight excluding hydrogens is 396 g/mol. The first-order chi connectivity index (χ1) is 9.83. The van der Waals surface area contributed by atoms with Crippen LogP contribution in [0, 0.1) is 9.49 Å². The van der Waals surface area contributed by atoms with Gasteiger partial charge in [-0.2, -0.15) is 13.2 Å². The second kappa shape index (κ2) is 6.95. The number of alkyl halides is 3. The number of benzene rings is 1. The largest absolute Gasteiger partial charge is 0.401 e. The maximum absolute atomic E-state index is 12.3. The molecule has 1 heterocycles. The van der Waals surface area contributed by atoms with Crippen molar-refractivity contribution in [2.45, 2.75) is 12.6 Å². The SMILES string of the molecule is O=C(NCC1CCN(CC(F)(F)F)C1)c1ccc(I)cc1. The van der Waals surface area contributed by atoms with Crippen molar-refractivity contribution < 1.29 is 18.0 Å². The van der Waals surface area contributed by atoms with E-state index in [1.807, 2.05) is 12.1 Å². The van der Waals surface area contributed by atoms with Crippen LogP contribution >= 0.6 is 22.6 Å². The Morgan fingerprint density at radius 1 is 1.33 bits per heavy atom. The molecule has 0 aliphatic carbocycles. The molecule has 0 saturated carbocycles. The molecule has 0 spiro atoms. The molecule has 1 atom stereocenters. The number of hydrogen-bond acceptors (Lipinski definition) is 2. The standard InChI is InChI=1S/C14H16F3IN2O/c15-14(16,17)9-20-6-5-10(8-20)7-19-13(21)11-1-3-12(18)4-2-11/h1-4,10H,5-9H2,(H,19,21). The predicted molar refractivity (Wildman–Crippen MR) is 82.1 cm³/mol. The summed E-state index contributed by atoms with van der Waals surface area (Å²) in [6.45, 7) is 0.365. The number of nitrogens with zero attached hydrogens (tertiary/aromatic N) is 1. The van der Waals surface area contributed by atoms with E-state index in [2.05, 4.69) is 27.9 Å². The molecule has 1 saturated heterocycles. The summed E-state index contributed by atoms with van der Waals surface area (Å²) < 4.78 is 37.9. The van der Waals surface area contributed by atoms with Crippen molar-refractivity contribution in [2.75, 3.05) is 26.2 Å². The molecule has 116 valence electrons. The Kier molecular flexibility index (Phi) is 5.48. The maximum atomic E-state index is 12.3. The number of amides is 1. The van der Waals surface area contributed by atoms with Crippen LogP contribution in [0.4, 0.5) is 13.2 Å². The van der Waals surface area contributed by atoms with Gasteiger partial charge in [0.25, 0.3) is 5.91 Å². The van der Waals surface area contributed by atoms with Gasteiger partial charge in [0, 0.05) is 22.2 Å². The van der Waals surface area contributed by atoms with Crippen LogP contribution in [0.25, 0.3) is 0 Å². The molecule has 7 heteroatoms. The van der Waals surface area contributed by atoms with E-state index in [0.717, 1.165) is 3.57 Å². The molecule has 0 aromatic heterocycles. The molecule has 1 amide bonds. The van der Waals surface area contributed by atoms with Gasteiger partial charge in [0.2, 0.25) is 0 Å². The van der Waals surface area contributed by atoms with Gasteiger partial charge < -0.3 is 5.32 Å². The summed E-state index contributed by atoms with van der Waals surface area (Å²) in [6.07, 6.45) is -3.47. The van der Waals surface area contributed by atoms with E-state index in [0.29, 0.717) is 31.6 Å². The van der Waals surface area contributed by atoms with Gasteiger partial charge in [-0.25, -0.2) is 0 Å². The molecule has 3 nitrogen and oxygen atoms in total. The average Bonchev–Trinajstić information content (AvgIpc) is 2.82. The molecule has 1 aliphatic heterocycles. The van der Waals surface area contributed by atoms with E-state index in [1.54, 1.807) is 12.1 Å². The summed E-state index contributed by atoms with van der Waals surface area (Å²) in [4.78, 5) is 13.3. The van der Waals surface area contributed by atoms with Crippen LogP contribution in [0.5, 0.6) is 0 Å². The monoisotopic (exact) mass is 412 g/mol. The Labute approximate surface area is 135 Å². The molecule has 1 N–H and O–H groups in total. The third-order valence-corrected chi connectivity index (χ3v) is 4.15. The molecule has 21 heavy (non-hydrogen) atoms. The van der Waals surface area contributed by atoms with Gasteiger partial charge in [0.1, 0.15) is 0 Å². The van der Waals surface area contributed by atoms with Crippen LogP contribution < -0.4 is 5.32 Å². The third-order valence-electron chi connectivity index (χ3n) is 3.43. The molecule has 1 aliphatic rings. The summed E-state index contributed by atoms with van der Waals surface area (Å²) in [5.74, 6) is -0.0965. The first kappa shape index (κ1) is 16.5. The number of rotatable bonds is 4. The lowest BCUT2D eigenvalue weighted by atomic mass is 10.1. The third kappa shape index (κ3) is 5.46. The second-order valence-electron chi connectivity index (χ2n) is 5.22. The molecule has 1 aromatic rings. The van der Waals surface area contributed by atoms with E-state index in [-0.39, 0.29) is 11.8 Å². The zero-order chi connectivity index (χ0) is 15.5. The molecule has 2 rings (SSSR count). The fourth-order valence-electron chi connectivity index (χ4n) is 2.42. The lowest BCUT2D eigenvalue weighted by Crippen LogP contribution is -2.34. The average molecular weight is 412 g/mol. The quantitative estimate of drug-likeness (QED) is 0.772. The predicted octanol–water partition coefficient (Wildman–Crippen LogP) is 2.91. The van der Waals surface area contributed by atoms with Gasteiger partial charge >= 0.3 is 6.18 Å². The van der Waals surface area contributed by atoms with E-state index in [9.17, 15) is 18.0 Å². The van der Waals surface area contributed by atoms with Gasteiger partial charge in [-0.3, -0.25) is 9.69 Å². The first-order valence-electron chi connectivity index (χ1n) is 6.66. The highest BCUT2D eigenvalue weighted by Gasteiger charge is 2.34. The van der Waals surface area contributed by atoms with Gasteiger partial charge in [-0.1, -0.05) is 0 Å². The van der Waals surface area contributed by atoms with Crippen LogP contribution in [0.2, 0.25) is 0 Å². The minimum absolute atomic E-state index is 0.0835. The van der Waals surface area contributed by atoms with Crippen molar-refractivity contribution in [2.24, 2.45) is 5.92 Å². The van der Waals surface area contributed by atoms with E-state index in [1.165, 1.54) is 4.90 Å². The normalized spacial score (nSPS) is 19.7. The van der Waals surface area contributed by atoms with Crippen molar-refractivity contribution in [3.05, 3.63) is 33.4 Å². The van der Waals surface area contributed by atoms with Crippen LogP contribution in [-0.4, -0.2) is 43.2 Å². The fourth-order valence-corrected chi connectivity index (χ4v) is 2.78. The highest BCUT2D eigenvalue weighted by atomic mass is 127. The summed E-state index contributed by atoms with van der Waals surface area (Å²) in [6, 6.07) is 7.16. The lowest BCUT2D eigenvalue weighted by molar-refractivity contribution is -0.143. The lowest BCUT2D eigenvalue weighted by Gasteiger charge is -2.18. The topological polar surface area (TPSA) is 32.3 Å². The van der Waals surface area contributed by atoms with Gasteiger partial charge in [0.15, 0.2) is 0 Å². The fraction of sp³-hybridized carbons (Fsp3) is 0.500. The van der Waals surface area contributed by atoms with Crippen molar-refractivity contribution in [3.63, 3.8) is 0 Å². The van der Waals surface area contributed by atoms with Gasteiger partial charge in [0.05, 0.1) is 6.54 Å². The van der Waals surface area contributed by atoms with E-state index in [4.69, 9.17) is 0 Å². The molecule has 0 bridgehead atoms. The van der Waals surface area contributed by atoms with Crippen molar-refractivity contribution in [1.82, 2.24) is 10.2 Å². The van der Waals surface area contributed by atoms with Crippen LogP contribution in [-0.2, 0) is 0 Å². The minimum atomic E-state index is -4.15. The van der Waals surface area contributed by atoms with Crippen LogP contribution in [0.15, 0.2) is 24.3 Å². The van der Waals surface area contributed by atoms with Crippen molar-refractivity contribution >= 4 is 28.5 Å². The number of nitrogens with one attached hydrogen (secondary N) is 1. The Morgan fingerprint density at radius 2 is 2.00 bits per heavy atom. The Balaban J connectivity index is 1.76. The summed E-state index contributed by atoms with van der Waals surface area (Å²) in [5, 5.41) is 2.79. The number of carbonyl (C=O) groups excluding carboxylic acids is 1. The first-order valence-corrected chi connectivity index (χ1v) is 7.74. The minimum Gasteiger partial charge on any atom is -0.352 e. The maximum Gasteiger partial charge on any atom is 0.401 e. The number of halogens is 4. The number of carbonyl (C=O) groups is 1. The van der Waals surface area contributed by atoms with E-state index < -0.39 is 12.7 Å². The zero-order valence-electron chi connectivity index (χ0n) is 11.3. The zero-order valence-corrected chi connectivity index (χ0v) is 13.4. The molecule has 0 radical (unpaired) electrons. The van der Waals surface area contributed by atoms with Crippen LogP contribution in [0.1, 0.15) is 16.8 Å². The molecule has 1 fully saturated rings. The molecular formula is C14H16F3IN2O. The highest BCUT2D eigenvalue weighted by Crippen LogP contribution is 2.22. The summed E-state index contributed by atoms with van der Waals surface area (Å²) in [7, 11) is 0. The summed E-state index contributed by atoms with van der Waals surface area (Å²) in [5.41, 5.74) is 0.570. The van der Waals surface area contributed by atoms with Crippen molar-refractivity contribution in [1.29, 1.82) is 0 Å². The van der Waals surface area contributed by atoms with Crippen molar-refractivity contribution in [3.8, 4) is 0 Å². The van der Waals surface area contributed by atoms with Crippen LogP contribution in [0.3, 0.4) is 0 Å². The smallest absolute Gasteiger partial charge is 0.352 e. The van der Waals surface area contributed by atoms with E-state index >= 15 is 0 Å². The second-order valence-corrected chi connectivity index (χ2v) is 6.47. The van der Waals surface area contributed by atoms with Gasteiger partial charge in [-0.15, -0.1) is 0 Å². The summed E-state index contributed by atoms with van der Waals surface area (Å²) >= 11 is 2.16. The Morgan fingerprint density at radius 3 is 2.62 bits per heavy atom. The molecule has 1 unspecified atom stereocenters. The Bertz CT molecular complexity index is 490.